The quantitative estimate of drug-likeness (QED) is 0.595. The van der Waals surface area contributed by atoms with E-state index in [4.69, 9.17) is 10.5 Å². The molecule has 0 spiro atoms. The monoisotopic (exact) mass is 261 g/mol. The van der Waals surface area contributed by atoms with Crippen LogP contribution in [0.5, 0.6) is 0 Å². The smallest absolute Gasteiger partial charge is 0.248 e. The van der Waals surface area contributed by atoms with Gasteiger partial charge in [0.25, 0.3) is 0 Å². The number of hydrogen-bond acceptors (Lipinski definition) is 2. The summed E-state index contributed by atoms with van der Waals surface area (Å²) in [6.45, 7) is 1.84. The van der Waals surface area contributed by atoms with Crippen LogP contribution < -0.4 is 11.1 Å². The molecular weight excluding hydrogens is 240 g/mol. The van der Waals surface area contributed by atoms with Gasteiger partial charge in [0.05, 0.1) is 6.10 Å². The predicted octanol–water partition coefficient (Wildman–Crippen LogP) is 1.51. The third-order valence-electron chi connectivity index (χ3n) is 3.56. The summed E-state index contributed by atoms with van der Waals surface area (Å²) in [5, 5.41) is 2.98. The fourth-order valence-electron chi connectivity index (χ4n) is 2.50. The van der Waals surface area contributed by atoms with Crippen molar-refractivity contribution in [2.45, 2.75) is 44.1 Å². The molecule has 4 nitrogen and oxygen atoms in total. The van der Waals surface area contributed by atoms with Gasteiger partial charge in [-0.05, 0) is 25.2 Å². The highest BCUT2D eigenvalue weighted by atomic mass is 19.3. The van der Waals surface area contributed by atoms with Crippen molar-refractivity contribution in [1.82, 2.24) is 5.32 Å². The highest BCUT2D eigenvalue weighted by molar-refractivity contribution is 5.77. The highest BCUT2D eigenvalue weighted by Gasteiger charge is 2.39. The molecule has 104 valence electrons. The third-order valence-corrected chi connectivity index (χ3v) is 3.56. The van der Waals surface area contributed by atoms with E-state index in [0.29, 0.717) is 25.5 Å². The maximum atomic E-state index is 13.0. The summed E-state index contributed by atoms with van der Waals surface area (Å²) in [6, 6.07) is 0. The number of guanidine groups is 1. The van der Waals surface area contributed by atoms with Crippen molar-refractivity contribution in [3.63, 3.8) is 0 Å². The van der Waals surface area contributed by atoms with E-state index in [-0.39, 0.29) is 24.9 Å². The summed E-state index contributed by atoms with van der Waals surface area (Å²) in [4.78, 5) is 4.13. The van der Waals surface area contributed by atoms with Crippen molar-refractivity contribution >= 4 is 5.96 Å². The van der Waals surface area contributed by atoms with Gasteiger partial charge in [-0.1, -0.05) is 0 Å². The molecule has 1 aliphatic heterocycles. The molecule has 0 aromatic rings. The third kappa shape index (κ3) is 4.08. The number of nitrogens with zero attached hydrogens (tertiary/aromatic N) is 1. The van der Waals surface area contributed by atoms with E-state index >= 15 is 0 Å². The Hall–Kier alpha value is -0.910. The van der Waals surface area contributed by atoms with Gasteiger partial charge in [0.1, 0.15) is 0 Å². The molecule has 18 heavy (non-hydrogen) atoms. The van der Waals surface area contributed by atoms with Crippen LogP contribution in [0.2, 0.25) is 0 Å². The van der Waals surface area contributed by atoms with E-state index in [1.165, 1.54) is 0 Å². The Bertz CT molecular complexity index is 304. The minimum absolute atomic E-state index is 0.0174. The zero-order chi connectivity index (χ0) is 13.0. The van der Waals surface area contributed by atoms with E-state index in [0.717, 1.165) is 19.4 Å². The molecule has 2 atom stereocenters. The Kier molecular flexibility index (Phi) is 4.37. The van der Waals surface area contributed by atoms with Gasteiger partial charge in [0.15, 0.2) is 5.96 Å². The Morgan fingerprint density at radius 3 is 2.89 bits per heavy atom. The minimum atomic E-state index is -2.50. The van der Waals surface area contributed by atoms with Gasteiger partial charge in [-0.15, -0.1) is 0 Å². The van der Waals surface area contributed by atoms with Crippen LogP contribution in [0.15, 0.2) is 4.99 Å². The van der Waals surface area contributed by atoms with Crippen LogP contribution in [-0.2, 0) is 4.74 Å². The Morgan fingerprint density at radius 2 is 2.28 bits per heavy atom. The van der Waals surface area contributed by atoms with Gasteiger partial charge in [0, 0.05) is 32.5 Å². The fraction of sp³-hybridized carbons (Fsp3) is 0.917. The predicted molar refractivity (Wildman–Crippen MR) is 65.8 cm³/mol. The van der Waals surface area contributed by atoms with Gasteiger partial charge >= 0.3 is 0 Å². The van der Waals surface area contributed by atoms with Crippen molar-refractivity contribution in [1.29, 1.82) is 0 Å². The van der Waals surface area contributed by atoms with Crippen molar-refractivity contribution in [3.8, 4) is 0 Å². The number of rotatable bonds is 4. The maximum Gasteiger partial charge on any atom is 0.248 e. The van der Waals surface area contributed by atoms with E-state index in [2.05, 4.69) is 10.3 Å². The molecule has 1 heterocycles. The van der Waals surface area contributed by atoms with Crippen LogP contribution in [0.3, 0.4) is 0 Å². The van der Waals surface area contributed by atoms with Crippen molar-refractivity contribution in [2.24, 2.45) is 16.6 Å². The minimum Gasteiger partial charge on any atom is -0.376 e. The van der Waals surface area contributed by atoms with E-state index < -0.39 is 5.92 Å². The lowest BCUT2D eigenvalue weighted by Gasteiger charge is -2.12. The van der Waals surface area contributed by atoms with Gasteiger partial charge in [-0.2, -0.15) is 0 Å². The second-order valence-corrected chi connectivity index (χ2v) is 5.21. The summed E-state index contributed by atoms with van der Waals surface area (Å²) >= 11 is 0. The Morgan fingerprint density at radius 1 is 1.44 bits per heavy atom. The molecule has 0 bridgehead atoms. The molecule has 0 aromatic heterocycles. The van der Waals surface area contributed by atoms with Crippen LogP contribution in [-0.4, -0.2) is 37.7 Å². The average Bonchev–Trinajstić information content (AvgIpc) is 2.93. The Labute approximate surface area is 106 Å². The first kappa shape index (κ1) is 13.5. The zero-order valence-corrected chi connectivity index (χ0v) is 10.5. The first-order valence-corrected chi connectivity index (χ1v) is 6.58. The lowest BCUT2D eigenvalue weighted by Crippen LogP contribution is -2.37. The Balaban J connectivity index is 1.65. The second kappa shape index (κ2) is 5.82. The number of nitrogens with two attached hydrogens (primary N) is 1. The topological polar surface area (TPSA) is 59.6 Å². The summed E-state index contributed by atoms with van der Waals surface area (Å²) in [7, 11) is 0. The lowest BCUT2D eigenvalue weighted by atomic mass is 10.1. The van der Waals surface area contributed by atoms with Crippen LogP contribution in [0.1, 0.15) is 32.1 Å². The number of alkyl halides is 2. The summed E-state index contributed by atoms with van der Waals surface area (Å²) in [6.07, 6.45) is 2.78. The molecule has 2 aliphatic rings. The molecule has 3 N–H and O–H groups in total. The molecule has 2 rings (SSSR count). The van der Waals surface area contributed by atoms with Crippen LogP contribution in [0, 0.1) is 5.92 Å². The lowest BCUT2D eigenvalue weighted by molar-refractivity contribution is 0.00542. The molecule has 0 aromatic carbocycles. The highest BCUT2D eigenvalue weighted by Crippen LogP contribution is 2.38. The standard InChI is InChI=1S/C12H21F2N3O/c13-12(14)4-3-9(6-12)7-16-11(15)17-8-10-2-1-5-18-10/h9-10H,1-8H2,(H3,15,16,17). The number of nitrogens with one attached hydrogen (secondary N) is 1. The van der Waals surface area contributed by atoms with Gasteiger partial charge in [-0.3, -0.25) is 4.99 Å². The largest absolute Gasteiger partial charge is 0.376 e. The molecule has 2 fully saturated rings. The number of aliphatic imine (C=N–C) groups is 1. The van der Waals surface area contributed by atoms with E-state index in [1.54, 1.807) is 0 Å². The molecule has 1 aliphatic carbocycles. The zero-order valence-electron chi connectivity index (χ0n) is 10.5. The SMILES string of the molecule is NC(=NCC1CCC(F)(F)C1)NCC1CCCO1. The van der Waals surface area contributed by atoms with Crippen molar-refractivity contribution in [3.05, 3.63) is 0 Å². The number of hydrogen-bond donors (Lipinski definition) is 2. The number of halogens is 2. The summed E-state index contributed by atoms with van der Waals surface area (Å²) in [5.41, 5.74) is 5.69. The first-order valence-electron chi connectivity index (χ1n) is 6.58. The normalized spacial score (nSPS) is 31.8. The van der Waals surface area contributed by atoms with Crippen LogP contribution in [0.25, 0.3) is 0 Å². The second-order valence-electron chi connectivity index (χ2n) is 5.21. The van der Waals surface area contributed by atoms with Gasteiger partial charge < -0.3 is 15.8 Å². The van der Waals surface area contributed by atoms with Crippen molar-refractivity contribution < 1.29 is 13.5 Å². The van der Waals surface area contributed by atoms with Crippen LogP contribution in [0.4, 0.5) is 8.78 Å². The first-order chi connectivity index (χ1) is 8.55. The fourth-order valence-corrected chi connectivity index (χ4v) is 2.50. The summed E-state index contributed by atoms with van der Waals surface area (Å²) < 4.78 is 31.4. The number of ether oxygens (including phenoxy) is 1. The molecule has 1 saturated carbocycles. The average molecular weight is 261 g/mol. The molecule has 0 radical (unpaired) electrons. The maximum absolute atomic E-state index is 13.0. The molecule has 0 amide bonds. The van der Waals surface area contributed by atoms with Gasteiger partial charge in [-0.25, -0.2) is 8.78 Å². The molecule has 1 saturated heterocycles. The van der Waals surface area contributed by atoms with Crippen molar-refractivity contribution in [2.75, 3.05) is 19.7 Å². The molecule has 2 unspecified atom stereocenters. The van der Waals surface area contributed by atoms with E-state index in [1.807, 2.05) is 0 Å². The van der Waals surface area contributed by atoms with Gasteiger partial charge in [0.2, 0.25) is 5.92 Å². The molecule has 6 heteroatoms. The molecular formula is C12H21F2N3O. The summed E-state index contributed by atoms with van der Waals surface area (Å²) in [5.74, 6) is -2.20. The van der Waals surface area contributed by atoms with E-state index in [9.17, 15) is 8.78 Å². The van der Waals surface area contributed by atoms with Crippen LogP contribution >= 0.6 is 0 Å².